The molecule has 1 aromatic heterocycles. The molecule has 1 heterocycles. The molecule has 0 aliphatic rings. The molecule has 0 saturated carbocycles. The molecule has 3 rings (SSSR count). The van der Waals surface area contributed by atoms with Gasteiger partial charge in [0.1, 0.15) is 5.52 Å². The van der Waals surface area contributed by atoms with E-state index in [1.54, 1.807) is 18.2 Å². The van der Waals surface area contributed by atoms with E-state index in [4.69, 9.17) is 10.2 Å². The zero-order chi connectivity index (χ0) is 13.2. The number of carbonyl (C=O) groups excluding carboxylic acids is 1. The Bertz CT molecular complexity index is 732. The van der Waals surface area contributed by atoms with Crippen LogP contribution in [0.5, 0.6) is 0 Å². The fourth-order valence-corrected chi connectivity index (χ4v) is 2.04. The van der Waals surface area contributed by atoms with Crippen molar-refractivity contribution in [2.24, 2.45) is 5.73 Å². The third-order valence-corrected chi connectivity index (χ3v) is 2.93. The second-order valence-electron chi connectivity index (χ2n) is 4.29. The molecule has 0 aliphatic carbocycles. The van der Waals surface area contributed by atoms with Crippen LogP contribution in [0.2, 0.25) is 0 Å². The van der Waals surface area contributed by atoms with Gasteiger partial charge in [-0.15, -0.1) is 0 Å². The summed E-state index contributed by atoms with van der Waals surface area (Å²) in [6.07, 6.45) is 0.591. The summed E-state index contributed by atoms with van der Waals surface area (Å²) in [4.78, 5) is 15.7. The van der Waals surface area contributed by atoms with Gasteiger partial charge in [0, 0.05) is 6.42 Å². The summed E-state index contributed by atoms with van der Waals surface area (Å²) < 4.78 is 5.64. The van der Waals surface area contributed by atoms with Crippen molar-refractivity contribution in [2.45, 2.75) is 6.42 Å². The van der Waals surface area contributed by atoms with Crippen LogP contribution in [0.4, 0.5) is 0 Å². The van der Waals surface area contributed by atoms with Gasteiger partial charge in [0.2, 0.25) is 0 Å². The molecular formula is C15H12N2O2. The summed E-state index contributed by atoms with van der Waals surface area (Å²) >= 11 is 0. The third-order valence-electron chi connectivity index (χ3n) is 2.93. The zero-order valence-electron chi connectivity index (χ0n) is 10.2. The van der Waals surface area contributed by atoms with Crippen molar-refractivity contribution in [3.05, 3.63) is 65.5 Å². The predicted molar refractivity (Wildman–Crippen MR) is 71.8 cm³/mol. The highest BCUT2D eigenvalue weighted by atomic mass is 16.3. The summed E-state index contributed by atoms with van der Waals surface area (Å²) in [5.74, 6) is 0.0834. The van der Waals surface area contributed by atoms with E-state index >= 15 is 0 Å². The lowest BCUT2D eigenvalue weighted by Crippen LogP contribution is -2.11. The van der Waals surface area contributed by atoms with Crippen LogP contribution in [0, 0.1) is 0 Å². The summed E-state index contributed by atoms with van der Waals surface area (Å²) in [5, 5.41) is 0. The van der Waals surface area contributed by atoms with Gasteiger partial charge in [-0.3, -0.25) is 4.79 Å². The lowest BCUT2D eigenvalue weighted by molar-refractivity contribution is 0.100. The molecule has 0 fully saturated rings. The van der Waals surface area contributed by atoms with Crippen LogP contribution in [0.3, 0.4) is 0 Å². The Morgan fingerprint density at radius 2 is 1.89 bits per heavy atom. The van der Waals surface area contributed by atoms with Gasteiger partial charge in [-0.25, -0.2) is 4.98 Å². The van der Waals surface area contributed by atoms with Crippen molar-refractivity contribution in [3.8, 4) is 0 Å². The first-order valence-corrected chi connectivity index (χ1v) is 5.96. The molecule has 2 aromatic carbocycles. The Labute approximate surface area is 109 Å². The van der Waals surface area contributed by atoms with Crippen molar-refractivity contribution in [1.29, 1.82) is 0 Å². The molecule has 3 aromatic rings. The lowest BCUT2D eigenvalue weighted by Gasteiger charge is -1.94. The van der Waals surface area contributed by atoms with Crippen molar-refractivity contribution >= 4 is 17.0 Å². The standard InChI is InChI=1S/C15H12N2O2/c16-15(18)11-7-4-8-12-14(11)17-13(19-12)9-10-5-2-1-3-6-10/h1-8H,9H2,(H2,16,18). The molecule has 19 heavy (non-hydrogen) atoms. The molecule has 0 radical (unpaired) electrons. The number of aromatic nitrogens is 1. The van der Waals surface area contributed by atoms with Crippen LogP contribution >= 0.6 is 0 Å². The van der Waals surface area contributed by atoms with Crippen molar-refractivity contribution in [1.82, 2.24) is 4.98 Å². The quantitative estimate of drug-likeness (QED) is 0.778. The molecular weight excluding hydrogens is 240 g/mol. The van der Waals surface area contributed by atoms with Crippen molar-refractivity contribution < 1.29 is 9.21 Å². The number of primary amides is 1. The number of carbonyl (C=O) groups is 1. The second-order valence-corrected chi connectivity index (χ2v) is 4.29. The number of oxazole rings is 1. The minimum absolute atomic E-state index is 0.389. The van der Waals surface area contributed by atoms with E-state index in [9.17, 15) is 4.79 Å². The summed E-state index contributed by atoms with van der Waals surface area (Å²) in [6.45, 7) is 0. The molecule has 0 spiro atoms. The van der Waals surface area contributed by atoms with Crippen LogP contribution < -0.4 is 5.73 Å². The predicted octanol–water partition coefficient (Wildman–Crippen LogP) is 2.52. The van der Waals surface area contributed by atoms with E-state index in [-0.39, 0.29) is 0 Å². The molecule has 0 aliphatic heterocycles. The van der Waals surface area contributed by atoms with E-state index in [1.165, 1.54) is 0 Å². The fraction of sp³-hybridized carbons (Fsp3) is 0.0667. The molecule has 0 saturated heterocycles. The fourth-order valence-electron chi connectivity index (χ4n) is 2.04. The van der Waals surface area contributed by atoms with Crippen molar-refractivity contribution in [3.63, 3.8) is 0 Å². The molecule has 4 heteroatoms. The normalized spacial score (nSPS) is 10.7. The van der Waals surface area contributed by atoms with Crippen LogP contribution in [0.15, 0.2) is 52.9 Å². The molecule has 0 atom stereocenters. The molecule has 2 N–H and O–H groups in total. The van der Waals surface area contributed by atoms with Gasteiger partial charge in [-0.2, -0.15) is 0 Å². The average Bonchev–Trinajstić information content (AvgIpc) is 2.81. The number of benzene rings is 2. The first kappa shape index (κ1) is 11.5. The maximum absolute atomic E-state index is 11.3. The highest BCUT2D eigenvalue weighted by Gasteiger charge is 2.13. The zero-order valence-corrected chi connectivity index (χ0v) is 10.2. The topological polar surface area (TPSA) is 69.1 Å². The molecule has 1 amide bonds. The van der Waals surface area contributed by atoms with Crippen LogP contribution in [0.1, 0.15) is 21.8 Å². The summed E-state index contributed by atoms with van der Waals surface area (Å²) in [6, 6.07) is 15.1. The first-order valence-electron chi connectivity index (χ1n) is 5.96. The van der Waals surface area contributed by atoms with Gasteiger partial charge in [-0.1, -0.05) is 36.4 Å². The van der Waals surface area contributed by atoms with Crippen molar-refractivity contribution in [2.75, 3.05) is 0 Å². The maximum Gasteiger partial charge on any atom is 0.251 e. The first-order chi connectivity index (χ1) is 9.24. The van der Waals surface area contributed by atoms with Crippen LogP contribution in [-0.4, -0.2) is 10.9 Å². The van der Waals surface area contributed by atoms with Crippen LogP contribution in [-0.2, 0) is 6.42 Å². The second kappa shape index (κ2) is 4.57. The Morgan fingerprint density at radius 3 is 2.63 bits per heavy atom. The summed E-state index contributed by atoms with van der Waals surface area (Å²) in [7, 11) is 0. The van der Waals surface area contributed by atoms with E-state index < -0.39 is 5.91 Å². The van der Waals surface area contributed by atoms with Gasteiger partial charge in [-0.05, 0) is 17.7 Å². The third kappa shape index (κ3) is 2.20. The number of fused-ring (bicyclic) bond motifs is 1. The van der Waals surface area contributed by atoms with Gasteiger partial charge >= 0.3 is 0 Å². The van der Waals surface area contributed by atoms with E-state index in [2.05, 4.69) is 4.98 Å². The highest BCUT2D eigenvalue weighted by Crippen LogP contribution is 2.21. The lowest BCUT2D eigenvalue weighted by atomic mass is 10.1. The average molecular weight is 252 g/mol. The number of amides is 1. The molecule has 0 unspecified atom stereocenters. The molecule has 4 nitrogen and oxygen atoms in total. The van der Waals surface area contributed by atoms with E-state index in [1.807, 2.05) is 30.3 Å². The monoisotopic (exact) mass is 252 g/mol. The van der Waals surface area contributed by atoms with Gasteiger partial charge in [0.25, 0.3) is 5.91 Å². The molecule has 0 bridgehead atoms. The minimum Gasteiger partial charge on any atom is -0.440 e. The van der Waals surface area contributed by atoms with Gasteiger partial charge in [0.05, 0.1) is 5.56 Å². The van der Waals surface area contributed by atoms with Gasteiger partial charge in [0.15, 0.2) is 11.5 Å². The van der Waals surface area contributed by atoms with E-state index in [0.29, 0.717) is 29.0 Å². The number of hydrogen-bond acceptors (Lipinski definition) is 3. The smallest absolute Gasteiger partial charge is 0.251 e. The number of nitrogens with two attached hydrogens (primary N) is 1. The maximum atomic E-state index is 11.3. The number of rotatable bonds is 3. The van der Waals surface area contributed by atoms with Gasteiger partial charge < -0.3 is 10.2 Å². The SMILES string of the molecule is NC(=O)c1cccc2oc(Cc3ccccc3)nc12. The minimum atomic E-state index is -0.495. The number of hydrogen-bond donors (Lipinski definition) is 1. The Hall–Kier alpha value is -2.62. The Morgan fingerprint density at radius 1 is 1.11 bits per heavy atom. The van der Waals surface area contributed by atoms with Crippen LogP contribution in [0.25, 0.3) is 11.1 Å². The molecule has 94 valence electrons. The Kier molecular flexibility index (Phi) is 2.76. The largest absolute Gasteiger partial charge is 0.440 e. The number of nitrogens with zero attached hydrogens (tertiary/aromatic N) is 1. The Balaban J connectivity index is 2.03. The highest BCUT2D eigenvalue weighted by molar-refractivity contribution is 6.03. The van der Waals surface area contributed by atoms with E-state index in [0.717, 1.165) is 5.56 Å². The summed E-state index contributed by atoms with van der Waals surface area (Å²) in [5.41, 5.74) is 7.93. The number of para-hydroxylation sites is 1.